The van der Waals surface area contributed by atoms with Gasteiger partial charge in [-0.2, -0.15) is 0 Å². The van der Waals surface area contributed by atoms with Crippen molar-refractivity contribution in [2.24, 2.45) is 11.7 Å². The van der Waals surface area contributed by atoms with Crippen LogP contribution in [0.2, 0.25) is 0 Å². The topological polar surface area (TPSA) is 142 Å². The molecule has 9 nitrogen and oxygen atoms in total. The minimum absolute atomic E-state index is 0.0295. The molecule has 0 aliphatic heterocycles. The van der Waals surface area contributed by atoms with E-state index in [1.807, 2.05) is 27.7 Å². The Morgan fingerprint density at radius 1 is 0.846 bits per heavy atom. The molecule has 3 N–H and O–H groups in total. The number of carbonyl (C=O) groups is 4. The summed E-state index contributed by atoms with van der Waals surface area (Å²) >= 11 is 0. The Bertz CT molecular complexity index is 932. The summed E-state index contributed by atoms with van der Waals surface area (Å²) in [6.45, 7) is 9.70. The van der Waals surface area contributed by atoms with Crippen LogP contribution in [0.1, 0.15) is 117 Å². The van der Waals surface area contributed by atoms with Crippen molar-refractivity contribution < 1.29 is 38.5 Å². The smallest absolute Gasteiger partial charge is 0.321 e. The lowest BCUT2D eigenvalue weighted by Crippen LogP contribution is -2.38. The zero-order chi connectivity index (χ0) is 29.4. The monoisotopic (exact) mass is 549 g/mol. The van der Waals surface area contributed by atoms with Gasteiger partial charge < -0.3 is 25.1 Å². The van der Waals surface area contributed by atoms with E-state index in [0.29, 0.717) is 18.4 Å². The summed E-state index contributed by atoms with van der Waals surface area (Å²) in [4.78, 5) is 49.1. The van der Waals surface area contributed by atoms with E-state index in [1.54, 1.807) is 13.0 Å². The highest BCUT2D eigenvalue weighted by molar-refractivity contribution is 5.77. The first-order chi connectivity index (χ1) is 18.5. The number of carbonyl (C=O) groups excluding carboxylic acids is 3. The molecule has 0 aliphatic carbocycles. The van der Waals surface area contributed by atoms with Crippen LogP contribution >= 0.6 is 0 Å². The molecule has 0 aromatic heterocycles. The van der Waals surface area contributed by atoms with Crippen LogP contribution < -0.4 is 15.2 Å². The fourth-order valence-electron chi connectivity index (χ4n) is 4.07. The van der Waals surface area contributed by atoms with Gasteiger partial charge in [-0.1, -0.05) is 65.9 Å². The van der Waals surface area contributed by atoms with Gasteiger partial charge in [0.15, 0.2) is 11.5 Å². The molecule has 1 aromatic carbocycles. The second-order valence-corrected chi connectivity index (χ2v) is 10.3. The fraction of sp³-hybridized carbons (Fsp3) is 0.667. The summed E-state index contributed by atoms with van der Waals surface area (Å²) in [6.07, 6.45) is 6.08. The van der Waals surface area contributed by atoms with Crippen LogP contribution in [-0.2, 0) is 23.9 Å². The van der Waals surface area contributed by atoms with Gasteiger partial charge in [0.1, 0.15) is 6.04 Å². The molecule has 220 valence electrons. The third-order valence-electron chi connectivity index (χ3n) is 6.66. The summed E-state index contributed by atoms with van der Waals surface area (Å²) in [7, 11) is 0. The highest BCUT2D eigenvalue weighted by atomic mass is 16.6. The molecule has 1 aromatic rings. The van der Waals surface area contributed by atoms with Gasteiger partial charge in [-0.25, -0.2) is 0 Å². The molecule has 39 heavy (non-hydrogen) atoms. The van der Waals surface area contributed by atoms with E-state index in [-0.39, 0.29) is 49.1 Å². The Labute approximate surface area is 232 Å². The number of unbranched alkanes of at least 4 members (excludes halogenated alkanes) is 4. The van der Waals surface area contributed by atoms with Gasteiger partial charge in [0.25, 0.3) is 0 Å². The van der Waals surface area contributed by atoms with E-state index >= 15 is 0 Å². The van der Waals surface area contributed by atoms with Crippen molar-refractivity contribution in [3.05, 3.63) is 23.8 Å². The van der Waals surface area contributed by atoms with E-state index in [4.69, 9.17) is 19.9 Å². The highest BCUT2D eigenvalue weighted by Crippen LogP contribution is 2.35. The molecule has 0 aliphatic rings. The molecule has 4 atom stereocenters. The van der Waals surface area contributed by atoms with E-state index in [9.17, 15) is 24.3 Å². The van der Waals surface area contributed by atoms with Crippen molar-refractivity contribution in [1.82, 2.24) is 0 Å². The van der Waals surface area contributed by atoms with Crippen LogP contribution in [0.4, 0.5) is 0 Å². The number of nitrogens with two attached hydrogens (primary N) is 1. The van der Waals surface area contributed by atoms with E-state index in [2.05, 4.69) is 0 Å². The number of benzene rings is 1. The maximum Gasteiger partial charge on any atom is 0.321 e. The van der Waals surface area contributed by atoms with Crippen LogP contribution in [0.15, 0.2) is 18.2 Å². The summed E-state index contributed by atoms with van der Waals surface area (Å²) in [5, 5.41) is 9.68. The van der Waals surface area contributed by atoms with Crippen LogP contribution in [0.5, 0.6) is 11.5 Å². The standard InChI is InChI=1S/C30H47NO8/c1-6-9-11-13-26(32)38-24-16-15-22(19-25(24)39-27(33)14-12-10-7-2)23(29(31)30(35)36)18-21(5)37-28(34)17-20(4)8-3/h15-16,19-21,23,29H,6-14,17-18,31H2,1-5H3,(H,35,36)/t20?,21?,23?,29-/m0/s1. The summed E-state index contributed by atoms with van der Waals surface area (Å²) < 4.78 is 16.6. The normalized spacial score (nSPS) is 14.1. The number of aliphatic carboxylic acids is 1. The first-order valence-corrected chi connectivity index (χ1v) is 14.2. The molecule has 0 amide bonds. The molecule has 0 radical (unpaired) electrons. The van der Waals surface area contributed by atoms with Gasteiger partial charge in [0, 0.05) is 25.2 Å². The SMILES string of the molecule is CCCCCC(=O)Oc1ccc(C(CC(C)OC(=O)CC(C)CC)[C@H](N)C(=O)O)cc1OC(=O)CCCCC. The second-order valence-electron chi connectivity index (χ2n) is 10.3. The Balaban J connectivity index is 3.24. The third-order valence-corrected chi connectivity index (χ3v) is 6.66. The molecule has 9 heteroatoms. The molecule has 0 heterocycles. The number of rotatable bonds is 19. The van der Waals surface area contributed by atoms with Crippen molar-refractivity contribution in [3.63, 3.8) is 0 Å². The van der Waals surface area contributed by atoms with Crippen molar-refractivity contribution in [1.29, 1.82) is 0 Å². The van der Waals surface area contributed by atoms with Crippen molar-refractivity contribution >= 4 is 23.9 Å². The summed E-state index contributed by atoms with van der Waals surface area (Å²) in [6, 6.07) is 3.27. The van der Waals surface area contributed by atoms with Gasteiger partial charge >= 0.3 is 23.9 Å². The zero-order valence-corrected chi connectivity index (χ0v) is 24.2. The second kappa shape index (κ2) is 18.4. The van der Waals surface area contributed by atoms with E-state index in [1.165, 1.54) is 12.1 Å². The minimum atomic E-state index is -1.31. The first kappa shape index (κ1) is 34.1. The summed E-state index contributed by atoms with van der Waals surface area (Å²) in [5.74, 6) is -2.97. The van der Waals surface area contributed by atoms with Crippen LogP contribution in [0, 0.1) is 5.92 Å². The molecular formula is C30H47NO8. The number of carboxylic acids is 1. The lowest BCUT2D eigenvalue weighted by Gasteiger charge is -2.25. The molecule has 3 unspecified atom stereocenters. The van der Waals surface area contributed by atoms with Crippen LogP contribution in [-0.4, -0.2) is 41.1 Å². The molecule has 0 bridgehead atoms. The number of hydrogen-bond donors (Lipinski definition) is 2. The largest absolute Gasteiger partial charge is 0.480 e. The van der Waals surface area contributed by atoms with E-state index in [0.717, 1.165) is 32.1 Å². The molecular weight excluding hydrogens is 502 g/mol. The molecule has 0 saturated heterocycles. The lowest BCUT2D eigenvalue weighted by molar-refractivity contribution is -0.150. The predicted molar refractivity (Wildman–Crippen MR) is 149 cm³/mol. The van der Waals surface area contributed by atoms with Gasteiger partial charge in [-0.05, 0) is 49.8 Å². The quantitative estimate of drug-likeness (QED) is 0.122. The Hall–Kier alpha value is -2.94. The number of esters is 3. The van der Waals surface area contributed by atoms with E-state index < -0.39 is 36.0 Å². The van der Waals surface area contributed by atoms with Crippen LogP contribution in [0.3, 0.4) is 0 Å². The maximum atomic E-state index is 12.5. The lowest BCUT2D eigenvalue weighted by atomic mass is 9.87. The average molecular weight is 550 g/mol. The minimum Gasteiger partial charge on any atom is -0.480 e. The number of ether oxygens (including phenoxy) is 3. The maximum absolute atomic E-state index is 12.5. The third kappa shape index (κ3) is 13.1. The van der Waals surface area contributed by atoms with Crippen molar-refractivity contribution in [2.45, 2.75) is 123 Å². The van der Waals surface area contributed by atoms with Crippen molar-refractivity contribution in [3.8, 4) is 11.5 Å². The fourth-order valence-corrected chi connectivity index (χ4v) is 4.07. The number of hydrogen-bond acceptors (Lipinski definition) is 8. The van der Waals surface area contributed by atoms with Gasteiger partial charge in [-0.3, -0.25) is 19.2 Å². The first-order valence-electron chi connectivity index (χ1n) is 14.2. The predicted octanol–water partition coefficient (Wildman–Crippen LogP) is 5.91. The number of carboxylic acid groups (broad SMARTS) is 1. The molecule has 0 fully saturated rings. The molecule has 1 rings (SSSR count). The molecule has 0 saturated carbocycles. The zero-order valence-electron chi connectivity index (χ0n) is 24.2. The highest BCUT2D eigenvalue weighted by Gasteiger charge is 2.30. The van der Waals surface area contributed by atoms with Crippen molar-refractivity contribution in [2.75, 3.05) is 0 Å². The Kier molecular flexibility index (Phi) is 16.1. The average Bonchev–Trinajstić information content (AvgIpc) is 2.88. The molecule has 0 spiro atoms. The Morgan fingerprint density at radius 2 is 1.41 bits per heavy atom. The van der Waals surface area contributed by atoms with Gasteiger partial charge in [-0.15, -0.1) is 0 Å². The van der Waals surface area contributed by atoms with Gasteiger partial charge in [0.2, 0.25) is 0 Å². The summed E-state index contributed by atoms with van der Waals surface area (Å²) in [5.41, 5.74) is 6.53. The van der Waals surface area contributed by atoms with Gasteiger partial charge in [0.05, 0.1) is 6.10 Å². The van der Waals surface area contributed by atoms with Crippen LogP contribution in [0.25, 0.3) is 0 Å². The Morgan fingerprint density at radius 3 is 1.92 bits per heavy atom.